The first-order valence-corrected chi connectivity index (χ1v) is 9.08. The van der Waals surface area contributed by atoms with E-state index in [0.29, 0.717) is 19.5 Å². The Morgan fingerprint density at radius 2 is 1.07 bits per heavy atom. The van der Waals surface area contributed by atoms with Gasteiger partial charge in [-0.2, -0.15) is 0 Å². The topological polar surface area (TPSA) is 58.2 Å². The molecule has 27 heavy (non-hydrogen) atoms. The number of rotatable bonds is 8. The fourth-order valence-corrected chi connectivity index (χ4v) is 2.33. The number of aryl methyl sites for hydroxylation is 2. The highest BCUT2D eigenvalue weighted by molar-refractivity contribution is 5.92. The van der Waals surface area contributed by atoms with Crippen LogP contribution in [0.25, 0.3) is 12.2 Å². The molecule has 0 heterocycles. The van der Waals surface area contributed by atoms with Gasteiger partial charge in [0.05, 0.1) is 0 Å². The molecule has 140 valence electrons. The Morgan fingerprint density at radius 1 is 0.704 bits per heavy atom. The smallest absolute Gasteiger partial charge is 0.244 e. The van der Waals surface area contributed by atoms with Crippen molar-refractivity contribution in [2.45, 2.75) is 20.3 Å². The lowest BCUT2D eigenvalue weighted by molar-refractivity contribution is -0.116. The van der Waals surface area contributed by atoms with E-state index in [-0.39, 0.29) is 11.8 Å². The first kappa shape index (κ1) is 20.2. The summed E-state index contributed by atoms with van der Waals surface area (Å²) in [5.41, 5.74) is 4.35. The molecule has 0 aliphatic carbocycles. The SMILES string of the molecule is Cc1ccc(/C=C\C(=O)NCCCNC(=O)/C=C\c2ccc(C)cc2)cc1. The molecule has 0 aromatic heterocycles. The van der Waals surface area contributed by atoms with Crippen LogP contribution in [0.3, 0.4) is 0 Å². The van der Waals surface area contributed by atoms with E-state index in [1.807, 2.05) is 62.4 Å². The third-order valence-electron chi connectivity index (χ3n) is 3.96. The molecule has 0 saturated carbocycles. The van der Waals surface area contributed by atoms with E-state index in [1.54, 1.807) is 12.2 Å². The Kier molecular flexibility index (Phi) is 8.04. The predicted octanol–water partition coefficient (Wildman–Crippen LogP) is 3.65. The molecule has 4 nitrogen and oxygen atoms in total. The number of benzene rings is 2. The average Bonchev–Trinajstić information content (AvgIpc) is 2.67. The number of carbonyl (C=O) groups is 2. The summed E-state index contributed by atoms with van der Waals surface area (Å²) >= 11 is 0. The molecule has 2 amide bonds. The molecule has 0 bridgehead atoms. The maximum Gasteiger partial charge on any atom is 0.244 e. The third-order valence-corrected chi connectivity index (χ3v) is 3.96. The first-order valence-electron chi connectivity index (χ1n) is 9.08. The van der Waals surface area contributed by atoms with Crippen molar-refractivity contribution in [1.82, 2.24) is 10.6 Å². The Balaban J connectivity index is 1.60. The van der Waals surface area contributed by atoms with Crippen LogP contribution in [-0.2, 0) is 9.59 Å². The highest BCUT2D eigenvalue weighted by Crippen LogP contribution is 2.05. The lowest BCUT2D eigenvalue weighted by Gasteiger charge is -2.03. The lowest BCUT2D eigenvalue weighted by atomic mass is 10.1. The zero-order valence-corrected chi connectivity index (χ0v) is 15.9. The molecular weight excluding hydrogens is 336 g/mol. The average molecular weight is 362 g/mol. The number of nitrogens with one attached hydrogen (secondary N) is 2. The van der Waals surface area contributed by atoms with Crippen LogP contribution in [0.4, 0.5) is 0 Å². The predicted molar refractivity (Wildman–Crippen MR) is 111 cm³/mol. The fraction of sp³-hybridized carbons (Fsp3) is 0.217. The van der Waals surface area contributed by atoms with Gasteiger partial charge in [-0.05, 0) is 43.5 Å². The monoisotopic (exact) mass is 362 g/mol. The molecule has 0 unspecified atom stereocenters. The molecule has 0 radical (unpaired) electrons. The maximum absolute atomic E-state index is 11.8. The van der Waals surface area contributed by atoms with E-state index in [9.17, 15) is 9.59 Å². The van der Waals surface area contributed by atoms with Gasteiger partial charge in [0.15, 0.2) is 0 Å². The number of hydrogen-bond acceptors (Lipinski definition) is 2. The van der Waals surface area contributed by atoms with Crippen molar-refractivity contribution in [3.8, 4) is 0 Å². The van der Waals surface area contributed by atoms with Crippen molar-refractivity contribution < 1.29 is 9.59 Å². The summed E-state index contributed by atoms with van der Waals surface area (Å²) in [6.45, 7) is 5.08. The molecule has 2 N–H and O–H groups in total. The molecule has 2 rings (SSSR count). The normalized spacial score (nSPS) is 11.0. The van der Waals surface area contributed by atoms with Crippen LogP contribution in [-0.4, -0.2) is 24.9 Å². The zero-order valence-electron chi connectivity index (χ0n) is 15.9. The Morgan fingerprint density at radius 3 is 1.44 bits per heavy atom. The molecule has 4 heteroatoms. The van der Waals surface area contributed by atoms with Gasteiger partial charge >= 0.3 is 0 Å². The third kappa shape index (κ3) is 8.19. The summed E-state index contributed by atoms with van der Waals surface area (Å²) in [7, 11) is 0. The van der Waals surface area contributed by atoms with Crippen molar-refractivity contribution in [2.75, 3.05) is 13.1 Å². The van der Waals surface area contributed by atoms with Gasteiger partial charge in [-0.15, -0.1) is 0 Å². The van der Waals surface area contributed by atoms with Crippen molar-refractivity contribution in [3.63, 3.8) is 0 Å². The molecule has 2 aromatic rings. The van der Waals surface area contributed by atoms with Gasteiger partial charge in [0.25, 0.3) is 0 Å². The molecule has 0 saturated heterocycles. The summed E-state index contributed by atoms with van der Waals surface area (Å²) in [5, 5.41) is 5.61. The van der Waals surface area contributed by atoms with Crippen LogP contribution >= 0.6 is 0 Å². The molecule has 0 atom stereocenters. The Hall–Kier alpha value is -3.14. The van der Waals surface area contributed by atoms with Crippen LogP contribution in [0.1, 0.15) is 28.7 Å². The lowest BCUT2D eigenvalue weighted by Crippen LogP contribution is -2.28. The van der Waals surface area contributed by atoms with Gasteiger partial charge in [-0.3, -0.25) is 9.59 Å². The second-order valence-corrected chi connectivity index (χ2v) is 6.42. The highest BCUT2D eigenvalue weighted by Gasteiger charge is 1.97. The fourth-order valence-electron chi connectivity index (χ4n) is 2.33. The van der Waals surface area contributed by atoms with Gasteiger partial charge in [0, 0.05) is 25.2 Å². The minimum absolute atomic E-state index is 0.138. The molecule has 0 aliphatic rings. The minimum atomic E-state index is -0.138. The summed E-state index contributed by atoms with van der Waals surface area (Å²) in [5.74, 6) is -0.276. The van der Waals surface area contributed by atoms with Crippen LogP contribution in [0.2, 0.25) is 0 Å². The maximum atomic E-state index is 11.8. The van der Waals surface area contributed by atoms with E-state index in [4.69, 9.17) is 0 Å². The standard InChI is InChI=1S/C23H26N2O2/c1-18-4-8-20(9-5-18)12-14-22(26)24-16-3-17-25-23(27)15-13-21-10-6-19(2)7-11-21/h4-15H,3,16-17H2,1-2H3,(H,24,26)(H,25,27)/b14-12-,15-13-. The van der Waals surface area contributed by atoms with Gasteiger partial charge < -0.3 is 10.6 Å². The van der Waals surface area contributed by atoms with E-state index < -0.39 is 0 Å². The van der Waals surface area contributed by atoms with Crippen molar-refractivity contribution in [1.29, 1.82) is 0 Å². The van der Waals surface area contributed by atoms with E-state index in [2.05, 4.69) is 10.6 Å². The summed E-state index contributed by atoms with van der Waals surface area (Å²) in [6.07, 6.45) is 7.29. The second-order valence-electron chi connectivity index (χ2n) is 6.42. The molecule has 2 aromatic carbocycles. The summed E-state index contributed by atoms with van der Waals surface area (Å²) < 4.78 is 0. The number of hydrogen-bond donors (Lipinski definition) is 2. The number of amides is 2. The quantitative estimate of drug-likeness (QED) is 0.556. The van der Waals surface area contributed by atoms with E-state index in [1.165, 1.54) is 23.3 Å². The van der Waals surface area contributed by atoms with Crippen LogP contribution < -0.4 is 10.6 Å². The van der Waals surface area contributed by atoms with Crippen LogP contribution in [0.15, 0.2) is 60.7 Å². The van der Waals surface area contributed by atoms with Crippen molar-refractivity contribution in [3.05, 3.63) is 82.9 Å². The van der Waals surface area contributed by atoms with Crippen LogP contribution in [0.5, 0.6) is 0 Å². The second kappa shape index (κ2) is 10.8. The molecule has 0 spiro atoms. The van der Waals surface area contributed by atoms with Gasteiger partial charge in [-0.1, -0.05) is 59.7 Å². The Bertz CT molecular complexity index is 734. The first-order chi connectivity index (χ1) is 13.0. The Labute approximate surface area is 161 Å². The molecule has 0 fully saturated rings. The van der Waals surface area contributed by atoms with E-state index in [0.717, 1.165) is 11.1 Å². The summed E-state index contributed by atoms with van der Waals surface area (Å²) in [6, 6.07) is 15.9. The van der Waals surface area contributed by atoms with Gasteiger partial charge in [0.2, 0.25) is 11.8 Å². The van der Waals surface area contributed by atoms with Gasteiger partial charge in [-0.25, -0.2) is 0 Å². The number of carbonyl (C=O) groups excluding carboxylic acids is 2. The van der Waals surface area contributed by atoms with Gasteiger partial charge in [0.1, 0.15) is 0 Å². The highest BCUT2D eigenvalue weighted by atomic mass is 16.2. The largest absolute Gasteiger partial charge is 0.352 e. The minimum Gasteiger partial charge on any atom is -0.352 e. The van der Waals surface area contributed by atoms with Crippen LogP contribution in [0, 0.1) is 13.8 Å². The zero-order chi connectivity index (χ0) is 19.5. The molecular formula is C23H26N2O2. The summed E-state index contributed by atoms with van der Waals surface area (Å²) in [4.78, 5) is 23.5. The van der Waals surface area contributed by atoms with Crippen molar-refractivity contribution in [2.24, 2.45) is 0 Å². The molecule has 0 aliphatic heterocycles. The van der Waals surface area contributed by atoms with E-state index >= 15 is 0 Å². The van der Waals surface area contributed by atoms with Crippen molar-refractivity contribution >= 4 is 24.0 Å².